The number of anilines is 2. The maximum atomic E-state index is 12.2. The molecule has 0 aromatic heterocycles. The molecule has 0 unspecified atom stereocenters. The van der Waals surface area contributed by atoms with Crippen LogP contribution >= 0.6 is 0 Å². The van der Waals surface area contributed by atoms with E-state index in [1.165, 1.54) is 0 Å². The van der Waals surface area contributed by atoms with Gasteiger partial charge in [0.15, 0.2) is 6.61 Å². The SMILES string of the molecule is O=C(COC(=O)c1ccc(OC(F)(F)F)cc1)Nc1ccccc1N1CCCC1=O. The van der Waals surface area contributed by atoms with Crippen LogP contribution in [0, 0.1) is 0 Å². The molecule has 10 heteroatoms. The van der Waals surface area contributed by atoms with E-state index in [9.17, 15) is 27.6 Å². The van der Waals surface area contributed by atoms with Crippen molar-refractivity contribution in [3.05, 3.63) is 54.1 Å². The number of ether oxygens (including phenoxy) is 2. The topological polar surface area (TPSA) is 84.9 Å². The van der Waals surface area contributed by atoms with Gasteiger partial charge in [-0.3, -0.25) is 9.59 Å². The van der Waals surface area contributed by atoms with E-state index < -0.39 is 30.6 Å². The molecule has 1 saturated heterocycles. The van der Waals surface area contributed by atoms with Crippen molar-refractivity contribution >= 4 is 29.2 Å². The normalized spacial score (nSPS) is 13.8. The number of halogens is 3. The molecule has 158 valence electrons. The number of benzene rings is 2. The van der Waals surface area contributed by atoms with Crippen LogP contribution in [-0.4, -0.2) is 37.3 Å². The number of nitrogens with zero attached hydrogens (tertiary/aromatic N) is 1. The number of amides is 2. The van der Waals surface area contributed by atoms with Gasteiger partial charge in [0.1, 0.15) is 5.75 Å². The molecule has 1 aliphatic rings. The number of esters is 1. The highest BCUT2D eigenvalue weighted by Gasteiger charge is 2.31. The van der Waals surface area contributed by atoms with Crippen molar-refractivity contribution in [2.24, 2.45) is 0 Å². The van der Waals surface area contributed by atoms with E-state index in [4.69, 9.17) is 4.74 Å². The molecular weight excluding hydrogens is 405 g/mol. The third-order valence-electron chi connectivity index (χ3n) is 4.20. The van der Waals surface area contributed by atoms with Gasteiger partial charge in [-0.2, -0.15) is 0 Å². The molecule has 30 heavy (non-hydrogen) atoms. The number of nitrogens with one attached hydrogen (secondary N) is 1. The minimum absolute atomic E-state index is 0.0407. The van der Waals surface area contributed by atoms with E-state index in [-0.39, 0.29) is 11.5 Å². The molecule has 1 N–H and O–H groups in total. The van der Waals surface area contributed by atoms with E-state index in [0.717, 1.165) is 30.7 Å². The lowest BCUT2D eigenvalue weighted by atomic mass is 10.2. The maximum absolute atomic E-state index is 12.2. The van der Waals surface area contributed by atoms with Gasteiger partial charge in [0.25, 0.3) is 5.91 Å². The number of alkyl halides is 3. The Hall–Kier alpha value is -3.56. The molecule has 3 rings (SSSR count). The number of hydrogen-bond donors (Lipinski definition) is 1. The van der Waals surface area contributed by atoms with Gasteiger partial charge >= 0.3 is 12.3 Å². The molecule has 0 spiro atoms. The van der Waals surface area contributed by atoms with Crippen molar-refractivity contribution in [3.63, 3.8) is 0 Å². The lowest BCUT2D eigenvalue weighted by Gasteiger charge is -2.19. The van der Waals surface area contributed by atoms with Crippen LogP contribution in [0.25, 0.3) is 0 Å². The second kappa shape index (κ2) is 8.85. The largest absolute Gasteiger partial charge is 0.573 e. The lowest BCUT2D eigenvalue weighted by Crippen LogP contribution is -2.27. The van der Waals surface area contributed by atoms with Crippen molar-refractivity contribution in [1.29, 1.82) is 0 Å². The Kier molecular flexibility index (Phi) is 6.24. The number of carbonyl (C=O) groups excluding carboxylic acids is 3. The monoisotopic (exact) mass is 422 g/mol. The van der Waals surface area contributed by atoms with E-state index in [0.29, 0.717) is 24.3 Å². The Balaban J connectivity index is 1.56. The Bertz CT molecular complexity index is 944. The van der Waals surface area contributed by atoms with Crippen molar-refractivity contribution in [2.75, 3.05) is 23.4 Å². The standard InChI is InChI=1S/C20H17F3N2O5/c21-20(22,23)30-14-9-7-13(8-10-14)19(28)29-12-17(26)24-15-4-1-2-5-16(15)25-11-3-6-18(25)27/h1-2,4-5,7-10H,3,6,11-12H2,(H,24,26). The first kappa shape index (κ1) is 21.2. The lowest BCUT2D eigenvalue weighted by molar-refractivity contribution is -0.274. The third kappa shape index (κ3) is 5.49. The van der Waals surface area contributed by atoms with Gasteiger partial charge in [-0.05, 0) is 42.8 Å². The predicted octanol–water partition coefficient (Wildman–Crippen LogP) is 3.51. The quantitative estimate of drug-likeness (QED) is 0.721. The van der Waals surface area contributed by atoms with Crippen LogP contribution < -0.4 is 15.0 Å². The molecule has 0 atom stereocenters. The van der Waals surface area contributed by atoms with Crippen molar-refractivity contribution in [1.82, 2.24) is 0 Å². The van der Waals surface area contributed by atoms with Crippen molar-refractivity contribution < 1.29 is 37.0 Å². The summed E-state index contributed by atoms with van der Waals surface area (Å²) in [6, 6.07) is 10.9. The van der Waals surface area contributed by atoms with Gasteiger partial charge in [-0.25, -0.2) is 4.79 Å². The van der Waals surface area contributed by atoms with Crippen LogP contribution in [0.4, 0.5) is 24.5 Å². The van der Waals surface area contributed by atoms with Gasteiger partial charge in [-0.15, -0.1) is 13.2 Å². The third-order valence-corrected chi connectivity index (χ3v) is 4.20. The molecule has 1 aliphatic heterocycles. The Morgan fingerprint density at radius 1 is 1.07 bits per heavy atom. The van der Waals surface area contributed by atoms with E-state index >= 15 is 0 Å². The van der Waals surface area contributed by atoms with Gasteiger partial charge in [0.2, 0.25) is 5.91 Å². The molecule has 1 fully saturated rings. The minimum Gasteiger partial charge on any atom is -0.452 e. The summed E-state index contributed by atoms with van der Waals surface area (Å²) in [7, 11) is 0. The Labute approximate surface area is 169 Å². The zero-order chi connectivity index (χ0) is 21.7. The summed E-state index contributed by atoms with van der Waals surface area (Å²) in [5, 5.41) is 2.59. The molecule has 2 amide bonds. The average molecular weight is 422 g/mol. The number of rotatable bonds is 6. The second-order valence-electron chi connectivity index (χ2n) is 6.36. The molecule has 1 heterocycles. The van der Waals surface area contributed by atoms with Crippen LogP contribution in [0.2, 0.25) is 0 Å². The fraction of sp³-hybridized carbons (Fsp3) is 0.250. The highest BCUT2D eigenvalue weighted by Crippen LogP contribution is 2.29. The van der Waals surface area contributed by atoms with Crippen LogP contribution in [0.15, 0.2) is 48.5 Å². The first-order valence-electron chi connectivity index (χ1n) is 8.95. The number of carbonyl (C=O) groups is 3. The van der Waals surface area contributed by atoms with E-state index in [1.54, 1.807) is 29.2 Å². The summed E-state index contributed by atoms with van der Waals surface area (Å²) in [5.74, 6) is -2.03. The fourth-order valence-corrected chi connectivity index (χ4v) is 2.91. The summed E-state index contributed by atoms with van der Waals surface area (Å²) in [5.41, 5.74) is 0.919. The highest BCUT2D eigenvalue weighted by atomic mass is 19.4. The summed E-state index contributed by atoms with van der Waals surface area (Å²) in [4.78, 5) is 37.7. The first-order chi connectivity index (χ1) is 14.2. The summed E-state index contributed by atoms with van der Waals surface area (Å²) in [6.07, 6.45) is -3.67. The summed E-state index contributed by atoms with van der Waals surface area (Å²) < 4.78 is 45.1. The fourth-order valence-electron chi connectivity index (χ4n) is 2.91. The summed E-state index contributed by atoms with van der Waals surface area (Å²) in [6.45, 7) is -0.0589. The maximum Gasteiger partial charge on any atom is 0.573 e. The van der Waals surface area contributed by atoms with Crippen LogP contribution in [-0.2, 0) is 14.3 Å². The van der Waals surface area contributed by atoms with E-state index in [1.807, 2.05) is 0 Å². The molecular formula is C20H17F3N2O5. The molecule has 2 aromatic carbocycles. The molecule has 0 aliphatic carbocycles. The Morgan fingerprint density at radius 2 is 1.77 bits per heavy atom. The molecule has 2 aromatic rings. The van der Waals surface area contributed by atoms with Crippen molar-refractivity contribution in [3.8, 4) is 5.75 Å². The predicted molar refractivity (Wildman–Crippen MR) is 100 cm³/mol. The number of para-hydroxylation sites is 2. The smallest absolute Gasteiger partial charge is 0.452 e. The zero-order valence-corrected chi connectivity index (χ0v) is 15.6. The van der Waals surface area contributed by atoms with Crippen LogP contribution in [0.1, 0.15) is 23.2 Å². The van der Waals surface area contributed by atoms with Crippen LogP contribution in [0.5, 0.6) is 5.75 Å². The van der Waals surface area contributed by atoms with Gasteiger partial charge < -0.3 is 19.7 Å². The first-order valence-corrected chi connectivity index (χ1v) is 8.95. The second-order valence-corrected chi connectivity index (χ2v) is 6.36. The minimum atomic E-state index is -4.84. The number of hydrogen-bond acceptors (Lipinski definition) is 5. The van der Waals surface area contributed by atoms with Gasteiger partial charge in [-0.1, -0.05) is 12.1 Å². The van der Waals surface area contributed by atoms with Crippen LogP contribution in [0.3, 0.4) is 0 Å². The molecule has 0 radical (unpaired) electrons. The molecule has 7 nitrogen and oxygen atoms in total. The van der Waals surface area contributed by atoms with Gasteiger partial charge in [0, 0.05) is 13.0 Å². The molecule has 0 saturated carbocycles. The summed E-state index contributed by atoms with van der Waals surface area (Å²) >= 11 is 0. The van der Waals surface area contributed by atoms with Gasteiger partial charge in [0.05, 0.1) is 16.9 Å². The highest BCUT2D eigenvalue weighted by molar-refractivity contribution is 6.02. The average Bonchev–Trinajstić information content (AvgIpc) is 3.11. The van der Waals surface area contributed by atoms with E-state index in [2.05, 4.69) is 10.1 Å². The Morgan fingerprint density at radius 3 is 2.40 bits per heavy atom. The van der Waals surface area contributed by atoms with Crippen molar-refractivity contribution in [2.45, 2.75) is 19.2 Å². The molecule has 0 bridgehead atoms. The zero-order valence-electron chi connectivity index (χ0n) is 15.6.